The normalized spacial score (nSPS) is 19.6. The average Bonchev–Trinajstić information content (AvgIpc) is 2.97. The third-order valence-corrected chi connectivity index (χ3v) is 4.61. The summed E-state index contributed by atoms with van der Waals surface area (Å²) >= 11 is 6.33. The highest BCUT2D eigenvalue weighted by molar-refractivity contribution is 6.33. The van der Waals surface area contributed by atoms with Crippen molar-refractivity contribution in [3.05, 3.63) is 41.0 Å². The summed E-state index contributed by atoms with van der Waals surface area (Å²) in [4.78, 5) is 24.2. The molecular weight excluding hydrogens is 340 g/mol. The predicted octanol–water partition coefficient (Wildman–Crippen LogP) is 3.56. The number of carbonyl (C=O) groups is 1. The minimum absolute atomic E-state index is 0.145. The second-order valence-corrected chi connectivity index (χ2v) is 6.79. The summed E-state index contributed by atoms with van der Waals surface area (Å²) in [5, 5.41) is 3.42. The molecule has 0 saturated carbocycles. The van der Waals surface area contributed by atoms with Crippen molar-refractivity contribution in [1.29, 1.82) is 0 Å². The fourth-order valence-electron chi connectivity index (χ4n) is 2.85. The van der Waals surface area contributed by atoms with Crippen LogP contribution in [0.2, 0.25) is 5.02 Å². The molecule has 0 spiro atoms. The number of amides is 1. The molecule has 2 N–H and O–H groups in total. The Balaban J connectivity index is 1.65. The molecule has 1 fully saturated rings. The van der Waals surface area contributed by atoms with Crippen molar-refractivity contribution < 1.29 is 9.53 Å². The van der Waals surface area contributed by atoms with E-state index in [1.54, 1.807) is 24.4 Å². The van der Waals surface area contributed by atoms with Gasteiger partial charge in [0.05, 0.1) is 17.1 Å². The average molecular weight is 357 g/mol. The van der Waals surface area contributed by atoms with Crippen LogP contribution < -0.4 is 5.32 Å². The van der Waals surface area contributed by atoms with Gasteiger partial charge in [0, 0.05) is 23.4 Å². The Kier molecular flexibility index (Phi) is 3.94. The number of H-pyrrole nitrogens is 1. The quantitative estimate of drug-likeness (QED) is 0.752. The van der Waals surface area contributed by atoms with Gasteiger partial charge in [-0.25, -0.2) is 9.97 Å². The zero-order valence-corrected chi connectivity index (χ0v) is 14.6. The number of ether oxygens (including phenoxy) is 1. The zero-order chi connectivity index (χ0) is 17.6. The summed E-state index contributed by atoms with van der Waals surface area (Å²) in [6.07, 6.45) is 1.38. The van der Waals surface area contributed by atoms with Crippen LogP contribution in [0.3, 0.4) is 0 Å². The van der Waals surface area contributed by atoms with Crippen LogP contribution in [0.1, 0.15) is 12.5 Å². The van der Waals surface area contributed by atoms with Gasteiger partial charge in [-0.15, -0.1) is 0 Å². The van der Waals surface area contributed by atoms with Crippen LogP contribution >= 0.6 is 11.6 Å². The Morgan fingerprint density at radius 1 is 1.40 bits per heavy atom. The van der Waals surface area contributed by atoms with Crippen LogP contribution in [0.25, 0.3) is 22.6 Å². The first-order valence-electron chi connectivity index (χ1n) is 8.06. The van der Waals surface area contributed by atoms with E-state index in [4.69, 9.17) is 16.3 Å². The van der Waals surface area contributed by atoms with Gasteiger partial charge in [-0.1, -0.05) is 18.5 Å². The maximum Gasteiger partial charge on any atom is 0.253 e. The number of aromatic amines is 1. The number of halogens is 1. The first kappa shape index (κ1) is 16.1. The zero-order valence-electron chi connectivity index (χ0n) is 13.8. The monoisotopic (exact) mass is 356 g/mol. The molecule has 6 nitrogen and oxygen atoms in total. The van der Waals surface area contributed by atoms with Crippen LogP contribution in [0.15, 0.2) is 30.5 Å². The molecule has 2 aromatic heterocycles. The predicted molar refractivity (Wildman–Crippen MR) is 96.6 cm³/mol. The van der Waals surface area contributed by atoms with Crippen molar-refractivity contribution >= 4 is 34.4 Å². The Bertz CT molecular complexity index is 969. The first-order valence-corrected chi connectivity index (χ1v) is 8.44. The van der Waals surface area contributed by atoms with Gasteiger partial charge < -0.3 is 15.0 Å². The number of hydrogen-bond donors (Lipinski definition) is 2. The summed E-state index contributed by atoms with van der Waals surface area (Å²) in [5.41, 5.74) is 3.87. The molecule has 3 aromatic rings. The molecule has 25 heavy (non-hydrogen) atoms. The highest BCUT2D eigenvalue weighted by Crippen LogP contribution is 2.30. The fraction of sp³-hybridized carbons (Fsp3) is 0.278. The standard InChI is InChI=1S/C18H17ClN4O2/c1-9-5-14-17(20-7-9)23-16(22-14)12-6-11(3-4-13(12)19)21-18(24)15-10(2)8-25-15/h3-7,10,15H,8H2,1-2H3,(H,21,24)(H,20,22,23). The summed E-state index contributed by atoms with van der Waals surface area (Å²) in [5.74, 6) is 0.702. The summed E-state index contributed by atoms with van der Waals surface area (Å²) in [7, 11) is 0. The molecule has 128 valence electrons. The molecule has 3 heterocycles. The van der Waals surface area contributed by atoms with Crippen molar-refractivity contribution in [2.24, 2.45) is 5.92 Å². The highest BCUT2D eigenvalue weighted by Gasteiger charge is 2.34. The summed E-state index contributed by atoms with van der Waals surface area (Å²) in [6.45, 7) is 4.58. The SMILES string of the molecule is Cc1cnc2nc(-c3cc(NC(=O)C4OCC4C)ccc3Cl)[nH]c2c1. The number of nitrogens with one attached hydrogen (secondary N) is 2. The third kappa shape index (κ3) is 2.99. The second-order valence-electron chi connectivity index (χ2n) is 6.38. The van der Waals surface area contributed by atoms with E-state index < -0.39 is 6.10 Å². The van der Waals surface area contributed by atoms with Gasteiger partial charge in [0.1, 0.15) is 11.9 Å². The van der Waals surface area contributed by atoms with Gasteiger partial charge in [-0.05, 0) is 36.8 Å². The van der Waals surface area contributed by atoms with Gasteiger partial charge >= 0.3 is 0 Å². The number of carbonyl (C=O) groups excluding carboxylic acids is 1. The molecule has 0 bridgehead atoms. The molecule has 1 amide bonds. The molecule has 7 heteroatoms. The van der Waals surface area contributed by atoms with Crippen LogP contribution in [-0.2, 0) is 9.53 Å². The van der Waals surface area contributed by atoms with Crippen LogP contribution in [-0.4, -0.2) is 33.6 Å². The van der Waals surface area contributed by atoms with E-state index in [0.717, 1.165) is 11.1 Å². The molecule has 4 rings (SSSR count). The van der Waals surface area contributed by atoms with Gasteiger partial charge in [0.15, 0.2) is 5.65 Å². The van der Waals surface area contributed by atoms with Crippen LogP contribution in [0.5, 0.6) is 0 Å². The van der Waals surface area contributed by atoms with Crippen molar-refractivity contribution in [2.75, 3.05) is 11.9 Å². The van der Waals surface area contributed by atoms with Crippen molar-refractivity contribution in [2.45, 2.75) is 20.0 Å². The smallest absolute Gasteiger partial charge is 0.253 e. The highest BCUT2D eigenvalue weighted by atomic mass is 35.5. The number of benzene rings is 1. The van der Waals surface area contributed by atoms with Crippen molar-refractivity contribution in [1.82, 2.24) is 15.0 Å². The maximum atomic E-state index is 12.2. The molecule has 1 aromatic carbocycles. The van der Waals surface area contributed by atoms with E-state index >= 15 is 0 Å². The summed E-state index contributed by atoms with van der Waals surface area (Å²) < 4.78 is 5.30. The topological polar surface area (TPSA) is 79.9 Å². The molecule has 1 aliphatic heterocycles. The minimum Gasteiger partial charge on any atom is -0.368 e. The Labute approximate surface area is 149 Å². The van der Waals surface area contributed by atoms with Crippen LogP contribution in [0.4, 0.5) is 5.69 Å². The molecule has 2 atom stereocenters. The second kappa shape index (κ2) is 6.13. The van der Waals surface area contributed by atoms with E-state index in [-0.39, 0.29) is 11.8 Å². The lowest BCUT2D eigenvalue weighted by molar-refractivity contribution is -0.152. The Morgan fingerprint density at radius 3 is 2.96 bits per heavy atom. The first-order chi connectivity index (χ1) is 12.0. The van der Waals surface area contributed by atoms with E-state index in [2.05, 4.69) is 20.3 Å². The van der Waals surface area contributed by atoms with Gasteiger partial charge in [0.25, 0.3) is 5.91 Å². The van der Waals surface area contributed by atoms with Gasteiger partial charge in [0.2, 0.25) is 0 Å². The van der Waals surface area contributed by atoms with E-state index in [9.17, 15) is 4.79 Å². The number of rotatable bonds is 3. The molecular formula is C18H17ClN4O2. The van der Waals surface area contributed by atoms with Crippen LogP contribution in [0, 0.1) is 12.8 Å². The molecule has 1 aliphatic rings. The maximum absolute atomic E-state index is 12.2. The number of anilines is 1. The van der Waals surface area contributed by atoms with E-state index in [0.29, 0.717) is 34.4 Å². The summed E-state index contributed by atoms with van der Waals surface area (Å²) in [6, 6.07) is 7.28. The number of nitrogens with zero attached hydrogens (tertiary/aromatic N) is 2. The van der Waals surface area contributed by atoms with E-state index in [1.807, 2.05) is 19.9 Å². The number of hydrogen-bond acceptors (Lipinski definition) is 4. The largest absolute Gasteiger partial charge is 0.368 e. The molecule has 0 radical (unpaired) electrons. The molecule has 1 saturated heterocycles. The third-order valence-electron chi connectivity index (χ3n) is 4.28. The number of aromatic nitrogens is 3. The minimum atomic E-state index is -0.391. The lowest BCUT2D eigenvalue weighted by atomic mass is 10.00. The Morgan fingerprint density at radius 2 is 2.24 bits per heavy atom. The van der Waals surface area contributed by atoms with Gasteiger partial charge in [-0.3, -0.25) is 4.79 Å². The number of fused-ring (bicyclic) bond motifs is 1. The molecule has 0 aliphatic carbocycles. The lowest BCUT2D eigenvalue weighted by Crippen LogP contribution is -2.46. The number of imidazole rings is 1. The number of pyridine rings is 1. The number of aryl methyl sites for hydroxylation is 1. The lowest BCUT2D eigenvalue weighted by Gasteiger charge is -2.32. The van der Waals surface area contributed by atoms with Crippen molar-refractivity contribution in [3.63, 3.8) is 0 Å². The van der Waals surface area contributed by atoms with Crippen molar-refractivity contribution in [3.8, 4) is 11.4 Å². The van der Waals surface area contributed by atoms with E-state index in [1.165, 1.54) is 0 Å². The molecule has 2 unspecified atom stereocenters. The fourth-order valence-corrected chi connectivity index (χ4v) is 3.06. The Hall–Kier alpha value is -2.44. The van der Waals surface area contributed by atoms with Gasteiger partial charge in [-0.2, -0.15) is 0 Å².